The van der Waals surface area contributed by atoms with E-state index in [0.717, 1.165) is 17.0 Å². The molecule has 1 aromatic heterocycles. The molecule has 1 aliphatic heterocycles. The normalized spacial score (nSPS) is 14.7. The summed E-state index contributed by atoms with van der Waals surface area (Å²) in [5, 5.41) is 9.71. The molecule has 2 heterocycles. The second kappa shape index (κ2) is 10.0. The van der Waals surface area contributed by atoms with Crippen LogP contribution in [0.15, 0.2) is 47.6 Å². The summed E-state index contributed by atoms with van der Waals surface area (Å²) in [6, 6.07) is 12.8. The third-order valence-electron chi connectivity index (χ3n) is 5.60. The summed E-state index contributed by atoms with van der Waals surface area (Å²) >= 11 is 7.53. The minimum Gasteiger partial charge on any atom is -0.339 e. The van der Waals surface area contributed by atoms with Crippen molar-refractivity contribution in [3.8, 4) is 11.4 Å². The van der Waals surface area contributed by atoms with Gasteiger partial charge in [0, 0.05) is 55.9 Å². The van der Waals surface area contributed by atoms with Gasteiger partial charge in [0.25, 0.3) is 0 Å². The van der Waals surface area contributed by atoms with Crippen LogP contribution in [-0.2, 0) is 18.4 Å². The van der Waals surface area contributed by atoms with Crippen LogP contribution in [0.4, 0.5) is 4.39 Å². The maximum Gasteiger partial charge on any atom is 0.233 e. The van der Waals surface area contributed by atoms with Crippen molar-refractivity contribution in [2.45, 2.75) is 18.6 Å². The molecule has 9 heteroatoms. The molecule has 6 nitrogen and oxygen atoms in total. The minimum atomic E-state index is -0.291. The van der Waals surface area contributed by atoms with Crippen LogP contribution >= 0.6 is 23.4 Å². The summed E-state index contributed by atoms with van der Waals surface area (Å²) in [5.41, 5.74) is 2.67. The first-order chi connectivity index (χ1) is 15.4. The average Bonchev–Trinajstić information content (AvgIpc) is 3.15. The number of amides is 1. The molecule has 0 bridgehead atoms. The van der Waals surface area contributed by atoms with Crippen LogP contribution in [0.1, 0.15) is 11.1 Å². The molecule has 0 aliphatic carbocycles. The number of hydrogen-bond acceptors (Lipinski definition) is 5. The fourth-order valence-corrected chi connectivity index (χ4v) is 4.79. The number of benzene rings is 2. The molecular weight excluding hydrogens is 449 g/mol. The molecule has 3 aromatic rings. The quantitative estimate of drug-likeness (QED) is 0.506. The van der Waals surface area contributed by atoms with E-state index in [0.29, 0.717) is 54.2 Å². The monoisotopic (exact) mass is 473 g/mol. The van der Waals surface area contributed by atoms with Crippen LogP contribution in [-0.4, -0.2) is 62.4 Å². The Hall–Kier alpha value is -2.42. The topological polar surface area (TPSA) is 54.3 Å². The highest BCUT2D eigenvalue weighted by molar-refractivity contribution is 7.99. The zero-order chi connectivity index (χ0) is 22.7. The summed E-state index contributed by atoms with van der Waals surface area (Å²) in [6.07, 6.45) is 0. The van der Waals surface area contributed by atoms with Gasteiger partial charge in [-0.25, -0.2) is 4.39 Å². The van der Waals surface area contributed by atoms with Gasteiger partial charge in [0.05, 0.1) is 5.75 Å². The molecule has 1 saturated heterocycles. The molecule has 0 saturated carbocycles. The Balaban J connectivity index is 1.30. The molecule has 4 rings (SSSR count). The van der Waals surface area contributed by atoms with Gasteiger partial charge >= 0.3 is 0 Å². The molecule has 32 heavy (non-hydrogen) atoms. The largest absolute Gasteiger partial charge is 0.339 e. The van der Waals surface area contributed by atoms with Gasteiger partial charge in [0.1, 0.15) is 5.82 Å². The zero-order valence-electron chi connectivity index (χ0n) is 18.1. The molecule has 0 spiro atoms. The third kappa shape index (κ3) is 5.14. The van der Waals surface area contributed by atoms with Crippen LogP contribution in [0.5, 0.6) is 0 Å². The molecule has 0 N–H and O–H groups in total. The standard InChI is InChI=1S/C23H25ClFN5OS/c1-16-5-3-6-17(13-16)22-26-27-23(28(22)2)32-15-21(31)30-11-9-29(10-12-30)14-18-19(24)7-4-8-20(18)25/h3-8,13H,9-12,14-15H2,1-2H3. The van der Waals surface area contributed by atoms with Crippen molar-refractivity contribution < 1.29 is 9.18 Å². The van der Waals surface area contributed by atoms with Crippen molar-refractivity contribution in [1.82, 2.24) is 24.6 Å². The fourth-order valence-electron chi connectivity index (χ4n) is 3.76. The number of thioether (sulfide) groups is 1. The molecule has 168 valence electrons. The van der Waals surface area contributed by atoms with Gasteiger partial charge in [-0.2, -0.15) is 0 Å². The van der Waals surface area contributed by atoms with Crippen molar-refractivity contribution in [3.05, 3.63) is 64.4 Å². The third-order valence-corrected chi connectivity index (χ3v) is 6.96. The van der Waals surface area contributed by atoms with E-state index in [2.05, 4.69) is 21.2 Å². The zero-order valence-corrected chi connectivity index (χ0v) is 19.7. The molecule has 0 radical (unpaired) electrons. The highest BCUT2D eigenvalue weighted by atomic mass is 35.5. The SMILES string of the molecule is Cc1cccc(-c2nnc(SCC(=O)N3CCN(Cc4c(F)cccc4Cl)CC3)n2C)c1. The van der Waals surface area contributed by atoms with E-state index in [9.17, 15) is 9.18 Å². The molecular formula is C23H25ClFN5OS. The summed E-state index contributed by atoms with van der Waals surface area (Å²) in [6.45, 7) is 5.07. The second-order valence-electron chi connectivity index (χ2n) is 7.88. The Bertz CT molecular complexity index is 1090. The highest BCUT2D eigenvalue weighted by Gasteiger charge is 2.23. The van der Waals surface area contributed by atoms with Crippen molar-refractivity contribution in [2.24, 2.45) is 7.05 Å². The Morgan fingerprint density at radius 1 is 1.12 bits per heavy atom. The molecule has 1 fully saturated rings. The van der Waals surface area contributed by atoms with Crippen molar-refractivity contribution in [3.63, 3.8) is 0 Å². The van der Waals surface area contributed by atoms with Gasteiger partial charge in [-0.3, -0.25) is 9.69 Å². The number of carbonyl (C=O) groups excluding carboxylic acids is 1. The van der Waals surface area contributed by atoms with Crippen LogP contribution in [0, 0.1) is 12.7 Å². The highest BCUT2D eigenvalue weighted by Crippen LogP contribution is 2.24. The Kier molecular flexibility index (Phi) is 7.13. The smallest absolute Gasteiger partial charge is 0.233 e. The number of hydrogen-bond donors (Lipinski definition) is 0. The average molecular weight is 474 g/mol. The number of aromatic nitrogens is 3. The van der Waals surface area contributed by atoms with Crippen LogP contribution in [0.3, 0.4) is 0 Å². The lowest BCUT2D eigenvalue weighted by Crippen LogP contribution is -2.48. The van der Waals surface area contributed by atoms with Gasteiger partial charge in [-0.1, -0.05) is 53.2 Å². The first-order valence-corrected chi connectivity index (χ1v) is 11.8. The summed E-state index contributed by atoms with van der Waals surface area (Å²) < 4.78 is 16.0. The van der Waals surface area contributed by atoms with E-state index in [-0.39, 0.29) is 11.7 Å². The molecule has 1 amide bonds. The summed E-state index contributed by atoms with van der Waals surface area (Å²) in [7, 11) is 1.91. The van der Waals surface area contributed by atoms with E-state index in [1.54, 1.807) is 12.1 Å². The van der Waals surface area contributed by atoms with E-state index in [1.807, 2.05) is 41.6 Å². The summed E-state index contributed by atoms with van der Waals surface area (Å²) in [4.78, 5) is 16.7. The maximum absolute atomic E-state index is 14.0. The lowest BCUT2D eigenvalue weighted by molar-refractivity contribution is -0.130. The van der Waals surface area contributed by atoms with Crippen molar-refractivity contribution in [2.75, 3.05) is 31.9 Å². The van der Waals surface area contributed by atoms with Gasteiger partial charge in [0.2, 0.25) is 5.91 Å². The number of nitrogens with zero attached hydrogens (tertiary/aromatic N) is 5. The van der Waals surface area contributed by atoms with Gasteiger partial charge in [-0.05, 0) is 25.1 Å². The van der Waals surface area contributed by atoms with E-state index < -0.39 is 0 Å². The number of piperazine rings is 1. The molecule has 1 aliphatic rings. The van der Waals surface area contributed by atoms with E-state index in [4.69, 9.17) is 11.6 Å². The van der Waals surface area contributed by atoms with Crippen LogP contribution in [0.2, 0.25) is 5.02 Å². The van der Waals surface area contributed by atoms with Gasteiger partial charge < -0.3 is 9.47 Å². The number of rotatable bonds is 6. The Morgan fingerprint density at radius 2 is 1.88 bits per heavy atom. The van der Waals surface area contributed by atoms with Gasteiger partial charge in [-0.15, -0.1) is 10.2 Å². The molecule has 2 aromatic carbocycles. The number of aryl methyl sites for hydroxylation is 1. The number of halogens is 2. The second-order valence-corrected chi connectivity index (χ2v) is 9.23. The Labute approximate surface area is 196 Å². The van der Waals surface area contributed by atoms with Crippen LogP contribution in [0.25, 0.3) is 11.4 Å². The van der Waals surface area contributed by atoms with Gasteiger partial charge in [0.15, 0.2) is 11.0 Å². The van der Waals surface area contributed by atoms with Crippen molar-refractivity contribution in [1.29, 1.82) is 0 Å². The minimum absolute atomic E-state index is 0.0682. The number of carbonyl (C=O) groups is 1. The maximum atomic E-state index is 14.0. The van der Waals surface area contributed by atoms with Crippen LogP contribution < -0.4 is 0 Å². The van der Waals surface area contributed by atoms with Crippen molar-refractivity contribution >= 4 is 29.3 Å². The Morgan fingerprint density at radius 3 is 2.59 bits per heavy atom. The first kappa shape index (κ1) is 22.8. The lowest BCUT2D eigenvalue weighted by atomic mass is 10.1. The molecule has 0 unspecified atom stereocenters. The predicted molar refractivity (Wildman–Crippen MR) is 125 cm³/mol. The first-order valence-electron chi connectivity index (χ1n) is 10.4. The molecule has 0 atom stereocenters. The van der Waals surface area contributed by atoms with E-state index in [1.165, 1.54) is 17.8 Å². The fraction of sp³-hybridized carbons (Fsp3) is 0.348. The predicted octanol–water partition coefficient (Wildman–Crippen LogP) is 4.02. The summed E-state index contributed by atoms with van der Waals surface area (Å²) in [5.74, 6) is 0.864. The van der Waals surface area contributed by atoms with E-state index >= 15 is 0 Å². The lowest BCUT2D eigenvalue weighted by Gasteiger charge is -2.34.